The number of hydrogen-bond acceptors (Lipinski definition) is 1. The summed E-state index contributed by atoms with van der Waals surface area (Å²) in [5.74, 6) is -0.245. The molecule has 1 atom stereocenters. The molecule has 0 saturated heterocycles. The largest absolute Gasteiger partial charge is 0.369 e. The molecule has 0 radical (unpaired) electrons. The first kappa shape index (κ1) is 10.8. The Morgan fingerprint density at radius 3 is 2.36 bits per heavy atom. The number of benzene rings is 1. The molecule has 1 aromatic carbocycles. The van der Waals surface area contributed by atoms with Crippen LogP contribution in [-0.2, 0) is 10.2 Å². The van der Waals surface area contributed by atoms with Gasteiger partial charge in [-0.2, -0.15) is 0 Å². The highest BCUT2D eigenvalue weighted by atomic mass is 16.1. The third-order valence-electron chi connectivity index (χ3n) is 2.70. The molecule has 14 heavy (non-hydrogen) atoms. The number of primary amides is 1. The standard InChI is InChI=1S/C12H17NO/c1-3-9-12(2,11(13)14)10-7-5-4-6-8-10/h4-8H,3,9H2,1-2H3,(H2,13,14). The summed E-state index contributed by atoms with van der Waals surface area (Å²) in [6.45, 7) is 3.97. The molecule has 1 amide bonds. The van der Waals surface area contributed by atoms with Gasteiger partial charge in [0.2, 0.25) is 5.91 Å². The molecule has 1 rings (SSSR count). The smallest absolute Gasteiger partial charge is 0.227 e. The lowest BCUT2D eigenvalue weighted by Gasteiger charge is -2.25. The van der Waals surface area contributed by atoms with Crippen molar-refractivity contribution in [2.24, 2.45) is 5.73 Å². The van der Waals surface area contributed by atoms with Crippen LogP contribution >= 0.6 is 0 Å². The van der Waals surface area contributed by atoms with Crippen molar-refractivity contribution in [3.05, 3.63) is 35.9 Å². The fourth-order valence-electron chi connectivity index (χ4n) is 1.72. The van der Waals surface area contributed by atoms with Gasteiger partial charge in [-0.25, -0.2) is 0 Å². The Hall–Kier alpha value is -1.31. The Balaban J connectivity index is 3.06. The quantitative estimate of drug-likeness (QED) is 0.779. The zero-order valence-corrected chi connectivity index (χ0v) is 8.79. The van der Waals surface area contributed by atoms with Gasteiger partial charge in [0.05, 0.1) is 5.41 Å². The van der Waals surface area contributed by atoms with Crippen molar-refractivity contribution in [2.45, 2.75) is 32.1 Å². The van der Waals surface area contributed by atoms with Crippen LogP contribution < -0.4 is 5.73 Å². The van der Waals surface area contributed by atoms with Crippen LogP contribution in [0, 0.1) is 0 Å². The molecule has 2 N–H and O–H groups in total. The van der Waals surface area contributed by atoms with Crippen molar-refractivity contribution in [1.29, 1.82) is 0 Å². The average Bonchev–Trinajstić information content (AvgIpc) is 2.19. The molecule has 1 aromatic rings. The molecule has 0 fully saturated rings. The Morgan fingerprint density at radius 1 is 1.36 bits per heavy atom. The second-order valence-electron chi connectivity index (χ2n) is 3.81. The fourth-order valence-corrected chi connectivity index (χ4v) is 1.72. The maximum absolute atomic E-state index is 11.4. The zero-order chi connectivity index (χ0) is 10.6. The Morgan fingerprint density at radius 2 is 1.93 bits per heavy atom. The van der Waals surface area contributed by atoms with Crippen molar-refractivity contribution < 1.29 is 4.79 Å². The van der Waals surface area contributed by atoms with E-state index in [1.807, 2.05) is 37.3 Å². The maximum Gasteiger partial charge on any atom is 0.227 e. The van der Waals surface area contributed by atoms with Gasteiger partial charge in [-0.05, 0) is 18.9 Å². The Kier molecular flexibility index (Phi) is 3.28. The molecule has 0 heterocycles. The predicted molar refractivity (Wildman–Crippen MR) is 57.9 cm³/mol. The number of hydrogen-bond donors (Lipinski definition) is 1. The number of rotatable bonds is 4. The molecular formula is C12H17NO. The normalized spacial score (nSPS) is 14.7. The van der Waals surface area contributed by atoms with Gasteiger partial charge in [0, 0.05) is 0 Å². The van der Waals surface area contributed by atoms with Crippen molar-refractivity contribution in [2.75, 3.05) is 0 Å². The second-order valence-corrected chi connectivity index (χ2v) is 3.81. The number of amides is 1. The van der Waals surface area contributed by atoms with Gasteiger partial charge in [-0.3, -0.25) is 4.79 Å². The van der Waals surface area contributed by atoms with E-state index in [1.54, 1.807) is 0 Å². The molecule has 76 valence electrons. The van der Waals surface area contributed by atoms with E-state index in [9.17, 15) is 4.79 Å². The highest BCUT2D eigenvalue weighted by Crippen LogP contribution is 2.28. The lowest BCUT2D eigenvalue weighted by atomic mass is 9.78. The summed E-state index contributed by atoms with van der Waals surface area (Å²) < 4.78 is 0. The van der Waals surface area contributed by atoms with Crippen LogP contribution in [0.3, 0.4) is 0 Å². The molecule has 2 nitrogen and oxygen atoms in total. The van der Waals surface area contributed by atoms with Gasteiger partial charge in [0.15, 0.2) is 0 Å². The van der Waals surface area contributed by atoms with Gasteiger partial charge in [-0.1, -0.05) is 43.7 Å². The van der Waals surface area contributed by atoms with E-state index < -0.39 is 5.41 Å². The van der Waals surface area contributed by atoms with Gasteiger partial charge in [0.25, 0.3) is 0 Å². The maximum atomic E-state index is 11.4. The van der Waals surface area contributed by atoms with Gasteiger partial charge in [-0.15, -0.1) is 0 Å². The highest BCUT2D eigenvalue weighted by Gasteiger charge is 2.31. The van der Waals surface area contributed by atoms with E-state index in [1.165, 1.54) is 0 Å². The van der Waals surface area contributed by atoms with Crippen LogP contribution in [-0.4, -0.2) is 5.91 Å². The van der Waals surface area contributed by atoms with E-state index in [0.29, 0.717) is 0 Å². The Labute approximate surface area is 85.1 Å². The number of carbonyl (C=O) groups excluding carboxylic acids is 1. The summed E-state index contributed by atoms with van der Waals surface area (Å²) in [6.07, 6.45) is 1.75. The van der Waals surface area contributed by atoms with Crippen molar-refractivity contribution in [1.82, 2.24) is 0 Å². The van der Waals surface area contributed by atoms with Crippen LogP contribution in [0.1, 0.15) is 32.3 Å². The van der Waals surface area contributed by atoms with E-state index in [0.717, 1.165) is 18.4 Å². The average molecular weight is 191 g/mol. The lowest BCUT2D eigenvalue weighted by Crippen LogP contribution is -2.38. The first-order chi connectivity index (χ1) is 6.61. The zero-order valence-electron chi connectivity index (χ0n) is 8.79. The van der Waals surface area contributed by atoms with Crippen LogP contribution in [0.2, 0.25) is 0 Å². The van der Waals surface area contributed by atoms with Crippen LogP contribution in [0.4, 0.5) is 0 Å². The first-order valence-corrected chi connectivity index (χ1v) is 4.96. The monoisotopic (exact) mass is 191 g/mol. The molecule has 0 spiro atoms. The van der Waals surface area contributed by atoms with Crippen molar-refractivity contribution in [3.8, 4) is 0 Å². The molecule has 0 aliphatic heterocycles. The van der Waals surface area contributed by atoms with Crippen LogP contribution in [0.15, 0.2) is 30.3 Å². The van der Waals surface area contributed by atoms with E-state index in [2.05, 4.69) is 6.92 Å². The molecule has 0 saturated carbocycles. The molecule has 0 aromatic heterocycles. The molecule has 0 bridgehead atoms. The van der Waals surface area contributed by atoms with Crippen LogP contribution in [0.25, 0.3) is 0 Å². The topological polar surface area (TPSA) is 43.1 Å². The summed E-state index contributed by atoms with van der Waals surface area (Å²) in [7, 11) is 0. The van der Waals surface area contributed by atoms with Gasteiger partial charge < -0.3 is 5.73 Å². The van der Waals surface area contributed by atoms with E-state index in [-0.39, 0.29) is 5.91 Å². The second kappa shape index (κ2) is 4.27. The van der Waals surface area contributed by atoms with E-state index in [4.69, 9.17) is 5.73 Å². The highest BCUT2D eigenvalue weighted by molar-refractivity contribution is 5.86. The summed E-state index contributed by atoms with van der Waals surface area (Å²) in [5.41, 5.74) is 5.94. The molecular weight excluding hydrogens is 174 g/mol. The predicted octanol–water partition coefficient (Wildman–Crippen LogP) is 2.23. The summed E-state index contributed by atoms with van der Waals surface area (Å²) >= 11 is 0. The minimum absolute atomic E-state index is 0.245. The summed E-state index contributed by atoms with van der Waals surface area (Å²) in [4.78, 5) is 11.4. The molecule has 0 aliphatic carbocycles. The Bertz CT molecular complexity index is 307. The molecule has 1 unspecified atom stereocenters. The number of carbonyl (C=O) groups is 1. The summed E-state index contributed by atoms with van der Waals surface area (Å²) in [6, 6.07) is 9.73. The number of nitrogens with two attached hydrogens (primary N) is 1. The third kappa shape index (κ3) is 1.95. The minimum atomic E-state index is -0.518. The van der Waals surface area contributed by atoms with Gasteiger partial charge in [0.1, 0.15) is 0 Å². The molecule has 0 aliphatic rings. The minimum Gasteiger partial charge on any atom is -0.369 e. The fraction of sp³-hybridized carbons (Fsp3) is 0.417. The molecule has 2 heteroatoms. The SMILES string of the molecule is CCCC(C)(C(N)=O)c1ccccc1. The third-order valence-corrected chi connectivity index (χ3v) is 2.70. The first-order valence-electron chi connectivity index (χ1n) is 4.96. The lowest BCUT2D eigenvalue weighted by molar-refractivity contribution is -0.123. The van der Waals surface area contributed by atoms with Crippen molar-refractivity contribution >= 4 is 5.91 Å². The van der Waals surface area contributed by atoms with Crippen molar-refractivity contribution in [3.63, 3.8) is 0 Å². The van der Waals surface area contributed by atoms with E-state index >= 15 is 0 Å². The van der Waals surface area contributed by atoms with Gasteiger partial charge >= 0.3 is 0 Å². The summed E-state index contributed by atoms with van der Waals surface area (Å²) in [5, 5.41) is 0. The van der Waals surface area contributed by atoms with Crippen LogP contribution in [0.5, 0.6) is 0 Å².